The lowest BCUT2D eigenvalue weighted by atomic mass is 9.95. The van der Waals surface area contributed by atoms with Gasteiger partial charge in [-0.2, -0.15) is 0 Å². The second-order valence-corrected chi connectivity index (χ2v) is 8.39. The van der Waals surface area contributed by atoms with Crippen LogP contribution in [0.15, 0.2) is 27.5 Å². The topological polar surface area (TPSA) is 47.9 Å². The number of nitrogens with one attached hydrogen (secondary N) is 1. The average molecular weight is 361 g/mol. The minimum Gasteiger partial charge on any atom is -0.365 e. The maximum Gasteiger partial charge on any atom is 0.254 e. The second-order valence-electron chi connectivity index (χ2n) is 8.39. The molecule has 0 unspecified atom stereocenters. The molecule has 0 spiro atoms. The maximum absolute atomic E-state index is 13.3. The number of carbonyl (C=O) groups excluding carboxylic acids is 1. The third-order valence-electron chi connectivity index (χ3n) is 5.72. The van der Waals surface area contributed by atoms with Gasteiger partial charge in [0.25, 0.3) is 5.91 Å². The minimum atomic E-state index is 0.108. The summed E-state index contributed by atoms with van der Waals surface area (Å²) in [5, 5.41) is 3.52. The third-order valence-corrected chi connectivity index (χ3v) is 5.72. The Hall–Kier alpha value is -1.62. The summed E-state index contributed by atoms with van der Waals surface area (Å²) in [6.45, 7) is 13.7. The number of aliphatic imine (C=N–C) groups is 1. The van der Waals surface area contributed by atoms with Crippen molar-refractivity contribution in [2.45, 2.75) is 71.4 Å². The third kappa shape index (κ3) is 4.76. The largest absolute Gasteiger partial charge is 0.365 e. The van der Waals surface area contributed by atoms with Gasteiger partial charge in [0, 0.05) is 35.8 Å². The van der Waals surface area contributed by atoms with E-state index in [1.165, 1.54) is 0 Å². The molecule has 2 rings (SSSR count). The normalized spacial score (nSPS) is 20.5. The molecule has 1 N–H and O–H groups in total. The summed E-state index contributed by atoms with van der Waals surface area (Å²) in [7, 11) is 4.24. The molecular formula is C21H36N4O. The van der Waals surface area contributed by atoms with Crippen LogP contribution in [0.5, 0.6) is 0 Å². The maximum atomic E-state index is 13.3. The van der Waals surface area contributed by atoms with Crippen LogP contribution >= 0.6 is 0 Å². The van der Waals surface area contributed by atoms with Gasteiger partial charge >= 0.3 is 0 Å². The summed E-state index contributed by atoms with van der Waals surface area (Å²) in [6, 6.07) is 0.567. The van der Waals surface area contributed by atoms with Gasteiger partial charge in [-0.15, -0.1) is 0 Å². The molecular weight excluding hydrogens is 324 g/mol. The van der Waals surface area contributed by atoms with Crippen molar-refractivity contribution < 1.29 is 4.79 Å². The number of hydrogen-bond donors (Lipinski definition) is 1. The number of hydrogen-bond acceptors (Lipinski definition) is 4. The van der Waals surface area contributed by atoms with Crippen molar-refractivity contribution in [2.75, 3.05) is 27.2 Å². The number of likely N-dealkylation sites (tertiary alicyclic amines) is 1. The van der Waals surface area contributed by atoms with E-state index in [0.29, 0.717) is 6.04 Å². The molecule has 1 aliphatic heterocycles. The Labute approximate surface area is 159 Å². The van der Waals surface area contributed by atoms with Gasteiger partial charge < -0.3 is 15.1 Å². The molecule has 0 aromatic heterocycles. The summed E-state index contributed by atoms with van der Waals surface area (Å²) < 4.78 is 0. The first kappa shape index (κ1) is 20.7. The van der Waals surface area contributed by atoms with Crippen LogP contribution in [0.3, 0.4) is 0 Å². The standard InChI is InChI=1S/C21H36N4O/c1-8-17(19(22-5)23-21(4)11-12-21)18(15(2)3)20(26)25-13-9-16(10-14-25)24(6)7/h16,23H,5,8-14H2,1-4,6-7H3/b19-17-. The molecule has 5 heteroatoms. The molecule has 0 atom stereocenters. The van der Waals surface area contributed by atoms with E-state index >= 15 is 0 Å². The van der Waals surface area contributed by atoms with E-state index < -0.39 is 0 Å². The average Bonchev–Trinajstić information content (AvgIpc) is 3.34. The summed E-state index contributed by atoms with van der Waals surface area (Å²) in [5.74, 6) is 0.920. The number of rotatable bonds is 7. The van der Waals surface area contributed by atoms with Crippen molar-refractivity contribution in [3.05, 3.63) is 22.5 Å². The SMILES string of the molecule is C=N/C(NC1(C)CC1)=C(\CC)C(C(=O)N1CCC(N(C)C)CC1)=C(C)C. The molecule has 2 aliphatic rings. The van der Waals surface area contributed by atoms with Crippen LogP contribution in [0.2, 0.25) is 0 Å². The smallest absolute Gasteiger partial charge is 0.254 e. The molecule has 146 valence electrons. The summed E-state index contributed by atoms with van der Waals surface area (Å²) in [4.78, 5) is 21.9. The molecule has 0 aromatic carbocycles. The Kier molecular flexibility index (Phi) is 6.67. The van der Waals surface area contributed by atoms with Crippen LogP contribution in [0.4, 0.5) is 0 Å². The van der Waals surface area contributed by atoms with Crippen LogP contribution in [0.25, 0.3) is 0 Å². The molecule has 26 heavy (non-hydrogen) atoms. The fourth-order valence-electron chi connectivity index (χ4n) is 3.66. The van der Waals surface area contributed by atoms with Crippen molar-refractivity contribution in [3.63, 3.8) is 0 Å². The van der Waals surface area contributed by atoms with E-state index in [1.54, 1.807) is 0 Å². The molecule has 2 fully saturated rings. The van der Waals surface area contributed by atoms with Crippen LogP contribution < -0.4 is 5.32 Å². The van der Waals surface area contributed by atoms with Crippen molar-refractivity contribution in [3.8, 4) is 0 Å². The van der Waals surface area contributed by atoms with Gasteiger partial charge in [-0.3, -0.25) is 4.79 Å². The molecule has 0 radical (unpaired) electrons. The van der Waals surface area contributed by atoms with Crippen molar-refractivity contribution in [2.24, 2.45) is 4.99 Å². The van der Waals surface area contributed by atoms with Gasteiger partial charge in [0.1, 0.15) is 5.82 Å². The van der Waals surface area contributed by atoms with Crippen molar-refractivity contribution in [1.82, 2.24) is 15.1 Å². The number of allylic oxidation sites excluding steroid dienone is 1. The highest BCUT2D eigenvalue weighted by atomic mass is 16.2. The summed E-state index contributed by atoms with van der Waals surface area (Å²) >= 11 is 0. The first-order chi connectivity index (χ1) is 12.2. The zero-order chi connectivity index (χ0) is 19.5. The monoisotopic (exact) mass is 360 g/mol. The molecule has 1 heterocycles. The Morgan fingerprint density at radius 3 is 2.23 bits per heavy atom. The van der Waals surface area contributed by atoms with E-state index in [1.807, 2.05) is 18.7 Å². The molecule has 0 bridgehead atoms. The molecule has 1 aliphatic carbocycles. The highest BCUT2D eigenvalue weighted by molar-refractivity contribution is 5.98. The van der Waals surface area contributed by atoms with Crippen LogP contribution in [-0.4, -0.2) is 61.2 Å². The van der Waals surface area contributed by atoms with E-state index in [-0.39, 0.29) is 11.4 Å². The fourth-order valence-corrected chi connectivity index (χ4v) is 3.66. The van der Waals surface area contributed by atoms with Gasteiger partial charge in [-0.1, -0.05) is 12.5 Å². The Morgan fingerprint density at radius 2 is 1.85 bits per heavy atom. The molecule has 1 saturated heterocycles. The predicted octanol–water partition coefficient (Wildman–Crippen LogP) is 3.34. The first-order valence-corrected chi connectivity index (χ1v) is 9.84. The van der Waals surface area contributed by atoms with Crippen LogP contribution in [0.1, 0.15) is 59.8 Å². The zero-order valence-corrected chi connectivity index (χ0v) is 17.5. The highest BCUT2D eigenvalue weighted by Crippen LogP contribution is 2.37. The Morgan fingerprint density at radius 1 is 1.27 bits per heavy atom. The van der Waals surface area contributed by atoms with Gasteiger partial charge in [0.2, 0.25) is 0 Å². The van der Waals surface area contributed by atoms with Gasteiger partial charge in [-0.05, 0) is 73.7 Å². The van der Waals surface area contributed by atoms with E-state index in [4.69, 9.17) is 0 Å². The Bertz CT molecular complexity index is 602. The quantitative estimate of drug-likeness (QED) is 0.430. The number of piperidine rings is 1. The molecule has 1 amide bonds. The zero-order valence-electron chi connectivity index (χ0n) is 17.5. The fraction of sp³-hybridized carbons (Fsp3) is 0.714. The second kappa shape index (κ2) is 8.38. The lowest BCUT2D eigenvalue weighted by Crippen LogP contribution is -2.45. The van der Waals surface area contributed by atoms with Crippen molar-refractivity contribution in [1.29, 1.82) is 0 Å². The van der Waals surface area contributed by atoms with Crippen LogP contribution in [0, 0.1) is 0 Å². The van der Waals surface area contributed by atoms with Gasteiger partial charge in [0.05, 0.1) is 0 Å². The molecule has 0 aromatic rings. The Balaban J connectivity index is 2.25. The number of nitrogens with zero attached hydrogens (tertiary/aromatic N) is 3. The van der Waals surface area contributed by atoms with Crippen LogP contribution in [-0.2, 0) is 4.79 Å². The lowest BCUT2D eigenvalue weighted by molar-refractivity contribution is -0.128. The lowest BCUT2D eigenvalue weighted by Gasteiger charge is -2.36. The first-order valence-electron chi connectivity index (χ1n) is 9.84. The van der Waals surface area contributed by atoms with E-state index in [0.717, 1.165) is 67.7 Å². The van der Waals surface area contributed by atoms with Gasteiger partial charge in [-0.25, -0.2) is 4.99 Å². The van der Waals surface area contributed by atoms with Crippen molar-refractivity contribution >= 4 is 12.6 Å². The van der Waals surface area contributed by atoms with E-state index in [2.05, 4.69) is 49.9 Å². The predicted molar refractivity (Wildman–Crippen MR) is 109 cm³/mol. The number of amides is 1. The number of carbonyl (C=O) groups is 1. The van der Waals surface area contributed by atoms with E-state index in [9.17, 15) is 4.79 Å². The molecule has 1 saturated carbocycles. The molecule has 5 nitrogen and oxygen atoms in total. The van der Waals surface area contributed by atoms with Gasteiger partial charge in [0.15, 0.2) is 0 Å². The summed E-state index contributed by atoms with van der Waals surface area (Å²) in [6.07, 6.45) is 5.10. The summed E-state index contributed by atoms with van der Waals surface area (Å²) in [5.41, 5.74) is 2.96. The highest BCUT2D eigenvalue weighted by Gasteiger charge is 2.38. The minimum absolute atomic E-state index is 0.108.